The van der Waals surface area contributed by atoms with Gasteiger partial charge in [0.05, 0.1) is 12.7 Å². The molecule has 18 heavy (non-hydrogen) atoms. The smallest absolute Gasteiger partial charge is 0.122 e. The zero-order chi connectivity index (χ0) is 14.0. The van der Waals surface area contributed by atoms with Crippen LogP contribution < -0.4 is 10.5 Å². The molecule has 0 aliphatic carbocycles. The molecular weight excluding hydrogens is 226 g/mol. The van der Waals surface area contributed by atoms with E-state index >= 15 is 0 Å². The SMILES string of the molecule is COc1ccc(C)cc1CC(O)(CN)C(C)(C)C. The number of aliphatic hydroxyl groups is 1. The standard InChI is InChI=1S/C15H25NO2/c1-11-6-7-13(18-5)12(8-11)9-15(17,10-16)14(2,3)4/h6-8,17H,9-10,16H2,1-5H3. The van der Waals surface area contributed by atoms with E-state index in [1.54, 1.807) is 7.11 Å². The number of ether oxygens (including phenoxy) is 1. The second-order valence-corrected chi connectivity index (χ2v) is 5.98. The Bertz CT molecular complexity index is 409. The third-order valence-corrected chi connectivity index (χ3v) is 3.65. The van der Waals surface area contributed by atoms with Crippen LogP contribution in [0.4, 0.5) is 0 Å². The lowest BCUT2D eigenvalue weighted by molar-refractivity contribution is -0.0493. The van der Waals surface area contributed by atoms with Crippen LogP contribution >= 0.6 is 0 Å². The van der Waals surface area contributed by atoms with Crippen molar-refractivity contribution in [3.8, 4) is 5.75 Å². The molecule has 0 saturated carbocycles. The molecule has 102 valence electrons. The number of aryl methyl sites for hydroxylation is 1. The second-order valence-electron chi connectivity index (χ2n) is 5.98. The van der Waals surface area contributed by atoms with Gasteiger partial charge in [0.15, 0.2) is 0 Å². The van der Waals surface area contributed by atoms with Gasteiger partial charge >= 0.3 is 0 Å². The zero-order valence-corrected chi connectivity index (χ0v) is 12.1. The van der Waals surface area contributed by atoms with Crippen molar-refractivity contribution in [3.05, 3.63) is 29.3 Å². The minimum Gasteiger partial charge on any atom is -0.496 e. The van der Waals surface area contributed by atoms with E-state index in [4.69, 9.17) is 10.5 Å². The van der Waals surface area contributed by atoms with Gasteiger partial charge in [0, 0.05) is 13.0 Å². The third kappa shape index (κ3) is 3.03. The first-order valence-electron chi connectivity index (χ1n) is 6.29. The highest BCUT2D eigenvalue weighted by Crippen LogP contribution is 2.35. The van der Waals surface area contributed by atoms with Crippen molar-refractivity contribution < 1.29 is 9.84 Å². The van der Waals surface area contributed by atoms with Crippen LogP contribution in [0.5, 0.6) is 5.75 Å². The fourth-order valence-electron chi connectivity index (χ4n) is 2.00. The van der Waals surface area contributed by atoms with Crippen molar-refractivity contribution >= 4 is 0 Å². The summed E-state index contributed by atoms with van der Waals surface area (Å²) < 4.78 is 5.35. The summed E-state index contributed by atoms with van der Waals surface area (Å²) in [6.45, 7) is 8.27. The van der Waals surface area contributed by atoms with Gasteiger partial charge in [-0.15, -0.1) is 0 Å². The van der Waals surface area contributed by atoms with E-state index < -0.39 is 5.60 Å². The van der Waals surface area contributed by atoms with Crippen LogP contribution in [-0.2, 0) is 6.42 Å². The predicted molar refractivity (Wildman–Crippen MR) is 74.9 cm³/mol. The molecular formula is C15H25NO2. The summed E-state index contributed by atoms with van der Waals surface area (Å²) >= 11 is 0. The van der Waals surface area contributed by atoms with E-state index in [0.29, 0.717) is 6.42 Å². The van der Waals surface area contributed by atoms with E-state index in [-0.39, 0.29) is 12.0 Å². The molecule has 1 aromatic rings. The zero-order valence-electron chi connectivity index (χ0n) is 12.1. The molecule has 0 bridgehead atoms. The summed E-state index contributed by atoms with van der Waals surface area (Å²) in [5.74, 6) is 0.803. The first-order chi connectivity index (χ1) is 8.23. The summed E-state index contributed by atoms with van der Waals surface area (Å²) in [5.41, 5.74) is 6.71. The van der Waals surface area contributed by atoms with Crippen LogP contribution in [0.2, 0.25) is 0 Å². The van der Waals surface area contributed by atoms with Crippen molar-refractivity contribution in [2.45, 2.75) is 39.7 Å². The topological polar surface area (TPSA) is 55.5 Å². The van der Waals surface area contributed by atoms with Crippen LogP contribution in [0.25, 0.3) is 0 Å². The van der Waals surface area contributed by atoms with E-state index in [1.807, 2.05) is 45.9 Å². The lowest BCUT2D eigenvalue weighted by atomic mass is 9.73. The van der Waals surface area contributed by atoms with E-state index in [1.165, 1.54) is 0 Å². The molecule has 0 saturated heterocycles. The minimum atomic E-state index is -0.936. The van der Waals surface area contributed by atoms with Crippen LogP contribution in [0, 0.1) is 12.3 Å². The Balaban J connectivity index is 3.12. The number of hydrogen-bond donors (Lipinski definition) is 2. The number of benzene rings is 1. The molecule has 1 aromatic carbocycles. The predicted octanol–water partition coefficient (Wildman–Crippen LogP) is 2.28. The van der Waals surface area contributed by atoms with Gasteiger partial charge in [-0.1, -0.05) is 38.5 Å². The van der Waals surface area contributed by atoms with Gasteiger partial charge < -0.3 is 15.6 Å². The lowest BCUT2D eigenvalue weighted by Gasteiger charge is -2.40. The van der Waals surface area contributed by atoms with Crippen molar-refractivity contribution in [3.63, 3.8) is 0 Å². The maximum atomic E-state index is 10.7. The molecule has 1 unspecified atom stereocenters. The number of hydrogen-bond acceptors (Lipinski definition) is 3. The Hall–Kier alpha value is -1.06. The molecule has 0 aromatic heterocycles. The first kappa shape index (κ1) is 15.0. The van der Waals surface area contributed by atoms with Gasteiger partial charge in [0.1, 0.15) is 5.75 Å². The van der Waals surface area contributed by atoms with Gasteiger partial charge in [0.2, 0.25) is 0 Å². The molecule has 0 aliphatic rings. The normalized spacial score (nSPS) is 15.3. The molecule has 3 N–H and O–H groups in total. The first-order valence-corrected chi connectivity index (χ1v) is 6.29. The van der Waals surface area contributed by atoms with E-state index in [9.17, 15) is 5.11 Å². The number of methoxy groups -OCH3 is 1. The third-order valence-electron chi connectivity index (χ3n) is 3.65. The summed E-state index contributed by atoms with van der Waals surface area (Å²) in [6.07, 6.45) is 0.498. The van der Waals surface area contributed by atoms with Crippen LogP contribution in [-0.4, -0.2) is 24.4 Å². The summed E-state index contributed by atoms with van der Waals surface area (Å²) in [7, 11) is 1.65. The highest BCUT2D eigenvalue weighted by Gasteiger charge is 2.39. The quantitative estimate of drug-likeness (QED) is 0.863. The van der Waals surface area contributed by atoms with E-state index in [2.05, 4.69) is 0 Å². The second kappa shape index (κ2) is 5.29. The fraction of sp³-hybridized carbons (Fsp3) is 0.600. The van der Waals surface area contributed by atoms with Crippen LogP contribution in [0.1, 0.15) is 31.9 Å². The molecule has 0 fully saturated rings. The summed E-state index contributed by atoms with van der Waals surface area (Å²) in [5, 5.41) is 10.7. The Morgan fingerprint density at radius 1 is 1.28 bits per heavy atom. The Morgan fingerprint density at radius 2 is 1.89 bits per heavy atom. The summed E-state index contributed by atoms with van der Waals surface area (Å²) in [6, 6.07) is 5.98. The molecule has 0 amide bonds. The molecule has 1 atom stereocenters. The Kier molecular flexibility index (Phi) is 4.41. The number of rotatable bonds is 4. The monoisotopic (exact) mass is 251 g/mol. The largest absolute Gasteiger partial charge is 0.496 e. The van der Waals surface area contributed by atoms with E-state index in [0.717, 1.165) is 16.9 Å². The average molecular weight is 251 g/mol. The molecule has 0 radical (unpaired) electrons. The molecule has 0 aliphatic heterocycles. The van der Waals surface area contributed by atoms with Crippen LogP contribution in [0.15, 0.2) is 18.2 Å². The van der Waals surface area contributed by atoms with Crippen molar-refractivity contribution in [2.75, 3.05) is 13.7 Å². The van der Waals surface area contributed by atoms with Crippen molar-refractivity contribution in [2.24, 2.45) is 11.1 Å². The van der Waals surface area contributed by atoms with Crippen molar-refractivity contribution in [1.29, 1.82) is 0 Å². The van der Waals surface area contributed by atoms with Gasteiger partial charge in [-0.25, -0.2) is 0 Å². The van der Waals surface area contributed by atoms with Gasteiger partial charge in [-0.3, -0.25) is 0 Å². The number of nitrogens with two attached hydrogens (primary N) is 1. The summed E-state index contributed by atoms with van der Waals surface area (Å²) in [4.78, 5) is 0. The van der Waals surface area contributed by atoms with Gasteiger partial charge in [0.25, 0.3) is 0 Å². The van der Waals surface area contributed by atoms with Crippen molar-refractivity contribution in [1.82, 2.24) is 0 Å². The molecule has 1 rings (SSSR count). The maximum Gasteiger partial charge on any atom is 0.122 e. The lowest BCUT2D eigenvalue weighted by Crippen LogP contribution is -2.50. The van der Waals surface area contributed by atoms with Gasteiger partial charge in [-0.2, -0.15) is 0 Å². The molecule has 3 heteroatoms. The molecule has 3 nitrogen and oxygen atoms in total. The molecule has 0 spiro atoms. The maximum absolute atomic E-state index is 10.7. The fourth-order valence-corrected chi connectivity index (χ4v) is 2.00. The Morgan fingerprint density at radius 3 is 2.33 bits per heavy atom. The highest BCUT2D eigenvalue weighted by atomic mass is 16.5. The highest BCUT2D eigenvalue weighted by molar-refractivity contribution is 5.38. The van der Waals surface area contributed by atoms with Gasteiger partial charge in [-0.05, 0) is 24.0 Å². The Labute approximate surface area is 110 Å². The van der Waals surface area contributed by atoms with Crippen LogP contribution in [0.3, 0.4) is 0 Å². The average Bonchev–Trinajstić information content (AvgIpc) is 2.27. The minimum absolute atomic E-state index is 0.230. The molecule has 0 heterocycles.